The van der Waals surface area contributed by atoms with Gasteiger partial charge >= 0.3 is 5.97 Å². The van der Waals surface area contributed by atoms with E-state index in [1.807, 2.05) is 41.3 Å². The first-order valence-corrected chi connectivity index (χ1v) is 16.0. The van der Waals surface area contributed by atoms with Gasteiger partial charge in [-0.05, 0) is 60.9 Å². The van der Waals surface area contributed by atoms with Crippen molar-refractivity contribution < 1.29 is 28.7 Å². The summed E-state index contributed by atoms with van der Waals surface area (Å²) < 4.78 is 12.2. The second-order valence-corrected chi connectivity index (χ2v) is 13.2. The first kappa shape index (κ1) is 32.8. The number of nitrogens with zero attached hydrogens (tertiary/aromatic N) is 3. The number of quaternary nitrogens is 1. The van der Waals surface area contributed by atoms with Crippen LogP contribution >= 0.6 is 0 Å². The van der Waals surface area contributed by atoms with Crippen LogP contribution in [0.25, 0.3) is 0 Å². The van der Waals surface area contributed by atoms with Crippen LogP contribution < -0.4 is 9.47 Å². The van der Waals surface area contributed by atoms with Gasteiger partial charge in [0.05, 0.1) is 53.9 Å². The molecule has 2 heterocycles. The number of carbonyl (C=O) groups is 2. The first-order chi connectivity index (χ1) is 20.6. The zero-order valence-electron chi connectivity index (χ0n) is 26.9. The fraction of sp³-hybridized carbons (Fsp3) is 0.600. The van der Waals surface area contributed by atoms with E-state index in [0.717, 1.165) is 84.4 Å². The Bertz CT molecular complexity index is 1230. The van der Waals surface area contributed by atoms with Gasteiger partial charge in [0.15, 0.2) is 0 Å². The zero-order chi connectivity index (χ0) is 31.0. The third kappa shape index (κ3) is 8.73. The summed E-state index contributed by atoms with van der Waals surface area (Å²) in [4.78, 5) is 31.0. The topological polar surface area (TPSA) is 79.3 Å². The Morgan fingerprint density at radius 2 is 1.86 bits per heavy atom. The fourth-order valence-electron chi connectivity index (χ4n) is 6.71. The van der Waals surface area contributed by atoms with E-state index in [0.29, 0.717) is 26.0 Å². The molecule has 8 heteroatoms. The van der Waals surface area contributed by atoms with Gasteiger partial charge in [0.1, 0.15) is 11.5 Å². The number of hydrogen-bond donors (Lipinski definition) is 1. The van der Waals surface area contributed by atoms with E-state index in [-0.39, 0.29) is 24.4 Å². The number of unbranched alkanes of at least 4 members (excludes halogenated alkanes) is 2. The predicted molar refractivity (Wildman–Crippen MR) is 170 cm³/mol. The highest BCUT2D eigenvalue weighted by Crippen LogP contribution is 2.41. The summed E-state index contributed by atoms with van der Waals surface area (Å²) in [5, 5.41) is 10.6. The number of carboxylic acid groups (broad SMARTS) is 1. The number of amides is 1. The normalized spacial score (nSPS) is 20.1. The molecule has 1 amide bonds. The van der Waals surface area contributed by atoms with E-state index in [1.165, 1.54) is 0 Å². The van der Waals surface area contributed by atoms with Crippen molar-refractivity contribution in [1.29, 1.82) is 0 Å². The minimum Gasteiger partial charge on any atom is -0.496 e. The van der Waals surface area contributed by atoms with Crippen molar-refractivity contribution in [2.24, 2.45) is 5.92 Å². The molecular weight excluding hydrogens is 542 g/mol. The molecule has 2 aromatic rings. The van der Waals surface area contributed by atoms with Gasteiger partial charge in [-0.1, -0.05) is 43.7 Å². The molecular formula is C35H52N3O5+. The lowest BCUT2D eigenvalue weighted by Gasteiger charge is -2.30. The van der Waals surface area contributed by atoms with E-state index in [2.05, 4.69) is 39.0 Å². The molecule has 1 N–H and O–H groups in total. The Balaban J connectivity index is 1.56. The van der Waals surface area contributed by atoms with Crippen LogP contribution in [0.4, 0.5) is 0 Å². The molecule has 1 fully saturated rings. The van der Waals surface area contributed by atoms with Crippen molar-refractivity contribution in [2.45, 2.75) is 63.8 Å². The quantitative estimate of drug-likeness (QED) is 0.221. The number of para-hydroxylation sites is 1. The molecule has 0 unspecified atom stereocenters. The lowest BCUT2D eigenvalue weighted by atomic mass is 9.83. The van der Waals surface area contributed by atoms with Crippen LogP contribution in [-0.4, -0.2) is 105 Å². The molecule has 3 atom stereocenters. The SMILES string of the molecule is CCCCN(CCCC[N+](C)(C)C)C(=O)CN1C[C@H](c2ccc3c(c2)CCO3)[C@@H](C(=O)O)[C@@H]1CCc1ccccc1OC. The molecule has 43 heavy (non-hydrogen) atoms. The molecule has 1 saturated heterocycles. The molecule has 0 bridgehead atoms. The maximum absolute atomic E-state index is 13.9. The summed E-state index contributed by atoms with van der Waals surface area (Å²) in [6.07, 6.45) is 6.18. The molecule has 236 valence electrons. The third-order valence-electron chi connectivity index (χ3n) is 9.06. The monoisotopic (exact) mass is 594 g/mol. The van der Waals surface area contributed by atoms with Gasteiger partial charge in [-0.3, -0.25) is 14.5 Å². The van der Waals surface area contributed by atoms with Crippen LogP contribution in [0.3, 0.4) is 0 Å². The third-order valence-corrected chi connectivity index (χ3v) is 9.06. The van der Waals surface area contributed by atoms with Crippen LogP contribution in [0, 0.1) is 5.92 Å². The Morgan fingerprint density at radius 1 is 1.09 bits per heavy atom. The van der Waals surface area contributed by atoms with Crippen molar-refractivity contribution in [3.63, 3.8) is 0 Å². The maximum Gasteiger partial charge on any atom is 0.308 e. The van der Waals surface area contributed by atoms with Gasteiger partial charge in [-0.2, -0.15) is 0 Å². The molecule has 8 nitrogen and oxygen atoms in total. The highest BCUT2D eigenvalue weighted by atomic mass is 16.5. The summed E-state index contributed by atoms with van der Waals surface area (Å²) in [6, 6.07) is 13.8. The maximum atomic E-state index is 13.9. The average Bonchev–Trinajstić information content (AvgIpc) is 3.59. The molecule has 0 saturated carbocycles. The molecule has 0 spiro atoms. The van der Waals surface area contributed by atoms with Crippen molar-refractivity contribution in [1.82, 2.24) is 9.80 Å². The van der Waals surface area contributed by atoms with Gasteiger partial charge in [0, 0.05) is 38.0 Å². The molecule has 0 aliphatic carbocycles. The van der Waals surface area contributed by atoms with Crippen LogP contribution in [0.15, 0.2) is 42.5 Å². The number of fused-ring (bicyclic) bond motifs is 1. The number of aryl methyl sites for hydroxylation is 1. The van der Waals surface area contributed by atoms with E-state index in [4.69, 9.17) is 9.47 Å². The highest BCUT2D eigenvalue weighted by Gasteiger charge is 2.47. The molecule has 2 aliphatic rings. The van der Waals surface area contributed by atoms with Crippen molar-refractivity contribution in [2.75, 3.05) is 67.6 Å². The number of hydrogen-bond acceptors (Lipinski definition) is 5. The number of benzene rings is 2. The Labute approximate surface area is 258 Å². The van der Waals surface area contributed by atoms with Crippen LogP contribution in [0.1, 0.15) is 61.6 Å². The highest BCUT2D eigenvalue weighted by molar-refractivity contribution is 5.79. The molecule has 0 aromatic heterocycles. The van der Waals surface area contributed by atoms with E-state index >= 15 is 0 Å². The smallest absolute Gasteiger partial charge is 0.308 e. The summed E-state index contributed by atoms with van der Waals surface area (Å²) in [6.45, 7) is 6.16. The Kier molecular flexibility index (Phi) is 11.5. The van der Waals surface area contributed by atoms with Gasteiger partial charge < -0.3 is 24.0 Å². The minimum atomic E-state index is -0.801. The van der Waals surface area contributed by atoms with Crippen molar-refractivity contribution in [3.8, 4) is 11.5 Å². The largest absolute Gasteiger partial charge is 0.496 e. The first-order valence-electron chi connectivity index (χ1n) is 16.0. The number of methoxy groups -OCH3 is 1. The van der Waals surface area contributed by atoms with Gasteiger partial charge in [-0.25, -0.2) is 0 Å². The second-order valence-electron chi connectivity index (χ2n) is 13.2. The van der Waals surface area contributed by atoms with Gasteiger partial charge in [-0.15, -0.1) is 0 Å². The molecule has 2 aromatic carbocycles. The lowest BCUT2D eigenvalue weighted by molar-refractivity contribution is -0.870. The van der Waals surface area contributed by atoms with Crippen molar-refractivity contribution in [3.05, 3.63) is 59.2 Å². The summed E-state index contributed by atoms with van der Waals surface area (Å²) in [7, 11) is 8.25. The number of rotatable bonds is 16. The summed E-state index contributed by atoms with van der Waals surface area (Å²) >= 11 is 0. The standard InChI is InChI=1S/C35H51N3O5/c1-6-7-19-36(20-10-11-21-38(2,3)4)33(39)25-37-24-29(27-15-17-32-28(23-27)18-22-43-32)34(35(40)41)30(37)16-14-26-12-8-9-13-31(26)42-5/h8-9,12-13,15,17,23,29-30,34H,6-7,10-11,14,16,18-22,24-25H2,1-5H3/p+1/t29-,30+,34-/m1/s1. The Hall–Kier alpha value is -3.10. The summed E-state index contributed by atoms with van der Waals surface area (Å²) in [5.74, 6) is 0.192. The lowest BCUT2D eigenvalue weighted by Crippen LogP contribution is -2.45. The van der Waals surface area contributed by atoms with E-state index in [1.54, 1.807) is 7.11 Å². The fourth-order valence-corrected chi connectivity index (χ4v) is 6.71. The van der Waals surface area contributed by atoms with Crippen LogP contribution in [-0.2, 0) is 22.4 Å². The minimum absolute atomic E-state index is 0.105. The predicted octanol–water partition coefficient (Wildman–Crippen LogP) is 4.85. The number of carboxylic acids is 1. The van der Waals surface area contributed by atoms with E-state index < -0.39 is 11.9 Å². The number of carbonyl (C=O) groups excluding carboxylic acids is 1. The number of aliphatic carboxylic acids is 1. The average molecular weight is 595 g/mol. The molecule has 0 radical (unpaired) electrons. The molecule has 2 aliphatic heterocycles. The number of likely N-dealkylation sites (tertiary alicyclic amines) is 1. The van der Waals surface area contributed by atoms with Crippen LogP contribution in [0.2, 0.25) is 0 Å². The van der Waals surface area contributed by atoms with Crippen molar-refractivity contribution >= 4 is 11.9 Å². The van der Waals surface area contributed by atoms with Gasteiger partial charge in [0.2, 0.25) is 5.91 Å². The molecule has 4 rings (SSSR count). The second kappa shape index (κ2) is 15.1. The Morgan fingerprint density at radius 3 is 2.58 bits per heavy atom. The van der Waals surface area contributed by atoms with Gasteiger partial charge in [0.25, 0.3) is 0 Å². The summed E-state index contributed by atoms with van der Waals surface area (Å²) in [5.41, 5.74) is 3.22. The van der Waals surface area contributed by atoms with Crippen LogP contribution in [0.5, 0.6) is 11.5 Å². The number of ether oxygens (including phenoxy) is 2. The zero-order valence-corrected chi connectivity index (χ0v) is 26.9. The van der Waals surface area contributed by atoms with E-state index in [9.17, 15) is 14.7 Å².